The van der Waals surface area contributed by atoms with Crippen LogP contribution < -0.4 is 10.0 Å². The molecule has 0 unspecified atom stereocenters. The largest absolute Gasteiger partial charge is 0.462 e. The van der Waals surface area contributed by atoms with Crippen molar-refractivity contribution in [3.63, 3.8) is 0 Å². The average molecular weight is 419 g/mol. The maximum absolute atomic E-state index is 12.4. The zero-order valence-corrected chi connectivity index (χ0v) is 17.6. The summed E-state index contributed by atoms with van der Waals surface area (Å²) in [6.45, 7) is 5.69. The van der Waals surface area contributed by atoms with E-state index < -0.39 is 27.9 Å². The Morgan fingerprint density at radius 1 is 1.03 bits per heavy atom. The molecule has 2 aromatic rings. The molecule has 0 aliphatic heterocycles. The van der Waals surface area contributed by atoms with Crippen molar-refractivity contribution in [2.24, 2.45) is 0 Å². The fourth-order valence-corrected chi connectivity index (χ4v) is 3.61. The third-order valence-corrected chi connectivity index (χ3v) is 5.73. The van der Waals surface area contributed by atoms with Gasteiger partial charge < -0.3 is 10.1 Å². The molecule has 2 aromatic carbocycles. The van der Waals surface area contributed by atoms with Gasteiger partial charge in [0.25, 0.3) is 0 Å². The summed E-state index contributed by atoms with van der Waals surface area (Å²) in [4.78, 5) is 24.3. The highest BCUT2D eigenvalue weighted by molar-refractivity contribution is 7.89. The lowest BCUT2D eigenvalue weighted by Gasteiger charge is -2.15. The number of aryl methyl sites for hydroxylation is 1. The van der Waals surface area contributed by atoms with Crippen molar-refractivity contribution in [2.45, 2.75) is 44.6 Å². The highest BCUT2D eigenvalue weighted by atomic mass is 32.2. The first-order valence-electron chi connectivity index (χ1n) is 9.40. The normalized spacial score (nSPS) is 12.2. The van der Waals surface area contributed by atoms with Crippen LogP contribution in [0.2, 0.25) is 0 Å². The lowest BCUT2D eigenvalue weighted by Crippen LogP contribution is -2.41. The highest BCUT2D eigenvalue weighted by Gasteiger charge is 2.22. The van der Waals surface area contributed by atoms with Crippen molar-refractivity contribution in [3.8, 4) is 0 Å². The summed E-state index contributed by atoms with van der Waals surface area (Å²) in [6.07, 6.45) is 1.74. The van der Waals surface area contributed by atoms with Crippen LogP contribution in [0.3, 0.4) is 0 Å². The Morgan fingerprint density at radius 2 is 1.66 bits per heavy atom. The Hall–Kier alpha value is -2.71. The quantitative estimate of drug-likeness (QED) is 0.481. The number of carbonyl (C=O) groups excluding carboxylic acids is 2. The molecule has 1 atom stereocenters. The Labute approximate surface area is 171 Å². The van der Waals surface area contributed by atoms with Crippen LogP contribution in [-0.2, 0) is 19.6 Å². The molecule has 0 radical (unpaired) electrons. The molecule has 0 fully saturated rings. The topological polar surface area (TPSA) is 102 Å². The molecule has 0 aliphatic rings. The minimum atomic E-state index is -3.81. The predicted octanol–water partition coefficient (Wildman–Crippen LogP) is 3.26. The molecular weight excluding hydrogens is 392 g/mol. The Kier molecular flexibility index (Phi) is 7.92. The molecule has 1 amide bonds. The number of sulfonamides is 1. The average Bonchev–Trinajstić information content (AvgIpc) is 2.68. The van der Waals surface area contributed by atoms with Gasteiger partial charge in [-0.1, -0.05) is 31.0 Å². The third kappa shape index (κ3) is 6.69. The number of anilines is 1. The molecule has 7 nitrogen and oxygen atoms in total. The molecule has 0 saturated carbocycles. The SMILES string of the molecule is CCCCOC(=O)c1ccc(NC(=O)[C@H](C)NS(=O)(=O)c2ccc(C)cc2)cc1. The van der Waals surface area contributed by atoms with E-state index in [2.05, 4.69) is 10.0 Å². The number of rotatable bonds is 9. The molecule has 0 spiro atoms. The van der Waals surface area contributed by atoms with E-state index in [9.17, 15) is 18.0 Å². The summed E-state index contributed by atoms with van der Waals surface area (Å²) in [7, 11) is -3.81. The smallest absolute Gasteiger partial charge is 0.338 e. The van der Waals surface area contributed by atoms with E-state index in [4.69, 9.17) is 4.74 Å². The van der Waals surface area contributed by atoms with Crippen molar-refractivity contribution in [1.29, 1.82) is 0 Å². The van der Waals surface area contributed by atoms with Gasteiger partial charge in [-0.15, -0.1) is 0 Å². The van der Waals surface area contributed by atoms with Crippen molar-refractivity contribution < 1.29 is 22.7 Å². The standard InChI is InChI=1S/C21H26N2O5S/c1-4-5-14-28-21(25)17-8-10-18(11-9-17)22-20(24)16(3)23-29(26,27)19-12-6-15(2)7-13-19/h6-13,16,23H,4-5,14H2,1-3H3,(H,22,24)/t16-/m0/s1. The molecule has 8 heteroatoms. The van der Waals surface area contributed by atoms with Crippen LogP contribution in [0, 0.1) is 6.92 Å². The lowest BCUT2D eigenvalue weighted by molar-refractivity contribution is -0.117. The fourth-order valence-electron chi connectivity index (χ4n) is 2.40. The van der Waals surface area contributed by atoms with Gasteiger partial charge in [0, 0.05) is 5.69 Å². The predicted molar refractivity (Wildman–Crippen MR) is 111 cm³/mol. The summed E-state index contributed by atoms with van der Waals surface area (Å²) in [5, 5.41) is 2.63. The van der Waals surface area contributed by atoms with E-state index in [1.807, 2.05) is 13.8 Å². The number of nitrogens with one attached hydrogen (secondary N) is 2. The molecule has 0 heterocycles. The molecule has 0 aliphatic carbocycles. The van der Waals surface area contributed by atoms with Crippen molar-refractivity contribution in [1.82, 2.24) is 4.72 Å². The van der Waals surface area contributed by atoms with Gasteiger partial charge in [0.1, 0.15) is 0 Å². The minimum Gasteiger partial charge on any atom is -0.462 e. The van der Waals surface area contributed by atoms with E-state index in [-0.39, 0.29) is 4.90 Å². The van der Waals surface area contributed by atoms with Crippen LogP contribution in [0.1, 0.15) is 42.6 Å². The van der Waals surface area contributed by atoms with Crippen molar-refractivity contribution >= 4 is 27.6 Å². The van der Waals surface area contributed by atoms with Crippen molar-refractivity contribution in [2.75, 3.05) is 11.9 Å². The van der Waals surface area contributed by atoms with Gasteiger partial charge in [-0.05, 0) is 56.7 Å². The molecule has 2 rings (SSSR count). The van der Waals surface area contributed by atoms with Crippen LogP contribution in [-0.4, -0.2) is 32.9 Å². The first kappa shape index (κ1) is 22.6. The Balaban J connectivity index is 1.95. The first-order valence-corrected chi connectivity index (χ1v) is 10.9. The van der Waals surface area contributed by atoms with Crippen LogP contribution in [0.4, 0.5) is 5.69 Å². The molecule has 2 N–H and O–H groups in total. The lowest BCUT2D eigenvalue weighted by atomic mass is 10.2. The second-order valence-electron chi connectivity index (χ2n) is 6.71. The second kappa shape index (κ2) is 10.2. The van der Waals surface area contributed by atoms with Gasteiger partial charge in [-0.25, -0.2) is 13.2 Å². The van der Waals surface area contributed by atoms with Gasteiger partial charge in [0.2, 0.25) is 15.9 Å². The minimum absolute atomic E-state index is 0.0914. The fraction of sp³-hybridized carbons (Fsp3) is 0.333. The zero-order chi connectivity index (χ0) is 21.4. The summed E-state index contributed by atoms with van der Waals surface area (Å²) in [6, 6.07) is 11.6. The first-order chi connectivity index (χ1) is 13.7. The molecule has 0 saturated heterocycles. The monoisotopic (exact) mass is 418 g/mol. The maximum Gasteiger partial charge on any atom is 0.338 e. The summed E-state index contributed by atoms with van der Waals surface area (Å²) >= 11 is 0. The van der Waals surface area contributed by atoms with Gasteiger partial charge in [0.05, 0.1) is 23.1 Å². The highest BCUT2D eigenvalue weighted by Crippen LogP contribution is 2.13. The number of hydrogen-bond acceptors (Lipinski definition) is 5. The number of benzene rings is 2. The van der Waals surface area contributed by atoms with Gasteiger partial charge >= 0.3 is 5.97 Å². The van der Waals surface area contributed by atoms with E-state index in [1.165, 1.54) is 19.1 Å². The molecule has 29 heavy (non-hydrogen) atoms. The summed E-state index contributed by atoms with van der Waals surface area (Å²) < 4.78 is 32.3. The second-order valence-corrected chi connectivity index (χ2v) is 8.43. The molecule has 0 aromatic heterocycles. The maximum atomic E-state index is 12.4. The van der Waals surface area contributed by atoms with Gasteiger partial charge in [0.15, 0.2) is 0 Å². The number of esters is 1. The van der Waals surface area contributed by atoms with Crippen LogP contribution >= 0.6 is 0 Å². The van der Waals surface area contributed by atoms with Gasteiger partial charge in [-0.2, -0.15) is 4.72 Å². The van der Waals surface area contributed by atoms with E-state index in [0.29, 0.717) is 17.9 Å². The molecular formula is C21H26N2O5S. The number of carbonyl (C=O) groups is 2. The summed E-state index contributed by atoms with van der Waals surface area (Å²) in [5.74, 6) is -0.936. The van der Waals surface area contributed by atoms with Gasteiger partial charge in [-0.3, -0.25) is 4.79 Å². The third-order valence-electron chi connectivity index (χ3n) is 4.18. The van der Waals surface area contributed by atoms with Crippen LogP contribution in [0.25, 0.3) is 0 Å². The Bertz CT molecular complexity index is 938. The van der Waals surface area contributed by atoms with E-state index in [0.717, 1.165) is 18.4 Å². The van der Waals surface area contributed by atoms with E-state index in [1.54, 1.807) is 36.4 Å². The number of amides is 1. The van der Waals surface area contributed by atoms with E-state index >= 15 is 0 Å². The van der Waals surface area contributed by atoms with Crippen molar-refractivity contribution in [3.05, 3.63) is 59.7 Å². The molecule has 0 bridgehead atoms. The Morgan fingerprint density at radius 3 is 2.24 bits per heavy atom. The summed E-state index contributed by atoms with van der Waals surface area (Å²) in [5.41, 5.74) is 1.76. The van der Waals surface area contributed by atoms with Crippen LogP contribution in [0.5, 0.6) is 0 Å². The number of ether oxygens (including phenoxy) is 1. The number of hydrogen-bond donors (Lipinski definition) is 2. The van der Waals surface area contributed by atoms with Crippen LogP contribution in [0.15, 0.2) is 53.4 Å². The zero-order valence-electron chi connectivity index (χ0n) is 16.8. The molecule has 156 valence electrons. The number of unbranched alkanes of at least 4 members (excludes halogenated alkanes) is 1.